The van der Waals surface area contributed by atoms with E-state index >= 15 is 0 Å². The average Bonchev–Trinajstić information content (AvgIpc) is 3.17. The maximum atomic E-state index is 13.3. The second kappa shape index (κ2) is 11.5. The number of benzene rings is 1. The van der Waals surface area contributed by atoms with Gasteiger partial charge in [0.05, 0.1) is 24.8 Å². The molecule has 7 nitrogen and oxygen atoms in total. The Morgan fingerprint density at radius 2 is 1.86 bits per heavy atom. The van der Waals surface area contributed by atoms with E-state index in [-0.39, 0.29) is 24.4 Å². The highest BCUT2D eigenvalue weighted by molar-refractivity contribution is 7.16. The molecule has 2 N–H and O–H groups in total. The van der Waals surface area contributed by atoms with Gasteiger partial charge in [-0.25, -0.2) is 4.79 Å². The molecule has 202 valence electrons. The van der Waals surface area contributed by atoms with E-state index in [0.717, 1.165) is 54.8 Å². The lowest BCUT2D eigenvalue weighted by Gasteiger charge is -2.52. The predicted molar refractivity (Wildman–Crippen MR) is 150 cm³/mol. The zero-order valence-electron chi connectivity index (χ0n) is 22.8. The van der Waals surface area contributed by atoms with Crippen molar-refractivity contribution in [1.29, 1.82) is 0 Å². The van der Waals surface area contributed by atoms with Crippen LogP contribution >= 0.6 is 11.3 Å². The molecule has 8 heteroatoms. The number of amides is 1. The summed E-state index contributed by atoms with van der Waals surface area (Å²) in [5.41, 5.74) is 2.91. The number of nitrogens with zero attached hydrogens (tertiary/aromatic N) is 2. The number of methoxy groups -OCH3 is 1. The highest BCUT2D eigenvalue weighted by Crippen LogP contribution is 2.49. The smallest absolute Gasteiger partial charge is 0.341 e. The summed E-state index contributed by atoms with van der Waals surface area (Å²) >= 11 is 1.40. The van der Waals surface area contributed by atoms with Crippen LogP contribution in [0.2, 0.25) is 0 Å². The third-order valence-corrected chi connectivity index (χ3v) is 9.53. The Labute approximate surface area is 224 Å². The second-order valence-electron chi connectivity index (χ2n) is 10.4. The van der Waals surface area contributed by atoms with E-state index in [2.05, 4.69) is 53.2 Å². The van der Waals surface area contributed by atoms with E-state index in [1.54, 1.807) is 0 Å². The van der Waals surface area contributed by atoms with Crippen molar-refractivity contribution in [3.63, 3.8) is 0 Å². The third-order valence-electron chi connectivity index (χ3n) is 8.41. The van der Waals surface area contributed by atoms with Crippen LogP contribution in [-0.4, -0.2) is 60.8 Å². The Kier molecular flexibility index (Phi) is 8.61. The normalized spacial score (nSPS) is 23.8. The number of thiophene rings is 1. The van der Waals surface area contributed by atoms with Crippen molar-refractivity contribution in [2.45, 2.75) is 71.4 Å². The number of anilines is 2. The summed E-state index contributed by atoms with van der Waals surface area (Å²) in [5.74, 6) is -0.509. The quantitative estimate of drug-likeness (QED) is 0.453. The molecule has 0 bridgehead atoms. The van der Waals surface area contributed by atoms with Crippen LogP contribution in [0, 0.1) is 19.8 Å². The Bertz CT molecular complexity index is 1110. The summed E-state index contributed by atoms with van der Waals surface area (Å²) in [6.45, 7) is 10.9. The van der Waals surface area contributed by atoms with Crippen molar-refractivity contribution < 1.29 is 19.4 Å². The zero-order valence-corrected chi connectivity index (χ0v) is 23.6. The molecule has 3 atom stereocenters. The molecular weight excluding hydrogens is 486 g/mol. The van der Waals surface area contributed by atoms with Gasteiger partial charge in [0.15, 0.2) is 0 Å². The van der Waals surface area contributed by atoms with E-state index in [9.17, 15) is 14.7 Å². The lowest BCUT2D eigenvalue weighted by Crippen LogP contribution is -2.56. The fraction of sp³-hybridized carbons (Fsp3) is 0.586. The zero-order chi connectivity index (χ0) is 26.7. The van der Waals surface area contributed by atoms with E-state index in [1.165, 1.54) is 24.1 Å². The first-order valence-electron chi connectivity index (χ1n) is 13.5. The first-order chi connectivity index (χ1) is 17.7. The molecule has 1 aromatic carbocycles. The van der Waals surface area contributed by atoms with Crippen molar-refractivity contribution in [3.8, 4) is 0 Å². The van der Waals surface area contributed by atoms with E-state index < -0.39 is 11.6 Å². The maximum Gasteiger partial charge on any atom is 0.341 e. The fourth-order valence-corrected chi connectivity index (χ4v) is 7.31. The number of likely N-dealkylation sites (tertiary alicyclic amines) is 1. The molecule has 1 aromatic heterocycles. The standard InChI is InChI=1S/C29H41N3O4S/c1-6-31(7-2)22-13-11-21(12-14-22)26-23-10-8-9-15-29(23,35)16-17-32(26)18-24(33)30-27-25(28(34)36-5)19(3)20(4)37-27/h11-14,23,26,35H,6-10,15-18H2,1-5H3,(H,30,33)/t23-,26+,29+/m0/s1. The van der Waals surface area contributed by atoms with Gasteiger partial charge in [-0.3, -0.25) is 9.69 Å². The Balaban J connectivity index is 1.60. The van der Waals surface area contributed by atoms with E-state index in [1.807, 2.05) is 13.8 Å². The molecule has 2 aliphatic rings. The van der Waals surface area contributed by atoms with E-state index in [0.29, 0.717) is 23.5 Å². The Morgan fingerprint density at radius 3 is 2.51 bits per heavy atom. The Morgan fingerprint density at radius 1 is 1.16 bits per heavy atom. The van der Waals surface area contributed by atoms with Gasteiger partial charge in [0.1, 0.15) is 5.00 Å². The summed E-state index contributed by atoms with van der Waals surface area (Å²) < 4.78 is 4.97. The van der Waals surface area contributed by atoms with Crippen molar-refractivity contribution in [3.05, 3.63) is 45.8 Å². The lowest BCUT2D eigenvalue weighted by atomic mass is 9.66. The van der Waals surface area contributed by atoms with Crippen molar-refractivity contribution in [2.75, 3.05) is 43.5 Å². The molecule has 1 aliphatic heterocycles. The number of aliphatic hydroxyl groups is 1. The number of carbonyl (C=O) groups is 2. The molecule has 1 aliphatic carbocycles. The molecule has 1 amide bonds. The molecule has 0 radical (unpaired) electrons. The van der Waals surface area contributed by atoms with Crippen LogP contribution in [0.25, 0.3) is 0 Å². The molecule has 1 saturated carbocycles. The number of hydrogen-bond donors (Lipinski definition) is 2. The van der Waals surface area contributed by atoms with Crippen LogP contribution in [0.3, 0.4) is 0 Å². The SMILES string of the molecule is CCN(CC)c1ccc([C@@H]2[C@@H]3CCCC[C@@]3(O)CCN2CC(=O)Nc2sc(C)c(C)c2C(=O)OC)cc1. The summed E-state index contributed by atoms with van der Waals surface area (Å²) in [7, 11) is 1.36. The van der Waals surface area contributed by atoms with Crippen LogP contribution in [0.15, 0.2) is 24.3 Å². The van der Waals surface area contributed by atoms with Gasteiger partial charge in [-0.15, -0.1) is 11.3 Å². The van der Waals surface area contributed by atoms with Crippen LogP contribution < -0.4 is 10.2 Å². The largest absolute Gasteiger partial charge is 0.465 e. The molecule has 4 rings (SSSR count). The lowest BCUT2D eigenvalue weighted by molar-refractivity contribution is -0.135. The van der Waals surface area contributed by atoms with Crippen LogP contribution in [0.4, 0.5) is 10.7 Å². The maximum absolute atomic E-state index is 13.3. The van der Waals surface area contributed by atoms with Crippen LogP contribution in [0.5, 0.6) is 0 Å². The number of aryl methyl sites for hydroxylation is 1. The highest BCUT2D eigenvalue weighted by atomic mass is 32.1. The number of piperidine rings is 1. The number of fused-ring (bicyclic) bond motifs is 1. The number of esters is 1. The third kappa shape index (κ3) is 5.56. The minimum absolute atomic E-state index is 0.0394. The minimum Gasteiger partial charge on any atom is -0.465 e. The summed E-state index contributed by atoms with van der Waals surface area (Å²) in [6.07, 6.45) is 4.59. The van der Waals surface area contributed by atoms with Gasteiger partial charge < -0.3 is 20.1 Å². The van der Waals surface area contributed by atoms with Gasteiger partial charge >= 0.3 is 5.97 Å². The second-order valence-corrected chi connectivity index (χ2v) is 11.6. The van der Waals surface area contributed by atoms with Gasteiger partial charge in [-0.1, -0.05) is 25.0 Å². The molecule has 1 saturated heterocycles. The molecule has 0 spiro atoms. The number of rotatable bonds is 8. The first-order valence-corrected chi connectivity index (χ1v) is 14.3. The molecule has 2 fully saturated rings. The monoisotopic (exact) mass is 527 g/mol. The number of hydrogen-bond acceptors (Lipinski definition) is 7. The van der Waals surface area contributed by atoms with Gasteiger partial charge in [0.2, 0.25) is 5.91 Å². The minimum atomic E-state index is -0.687. The average molecular weight is 528 g/mol. The fourth-order valence-electron chi connectivity index (χ4n) is 6.25. The summed E-state index contributed by atoms with van der Waals surface area (Å²) in [6, 6.07) is 8.63. The van der Waals surface area contributed by atoms with Crippen molar-refractivity contribution >= 4 is 33.9 Å². The number of ether oxygens (including phenoxy) is 1. The van der Waals surface area contributed by atoms with Gasteiger partial charge in [0, 0.05) is 42.2 Å². The molecule has 2 aromatic rings. The molecule has 2 heterocycles. The Hall–Kier alpha value is -2.42. The topological polar surface area (TPSA) is 82.1 Å². The highest BCUT2D eigenvalue weighted by Gasteiger charge is 2.49. The number of carbonyl (C=O) groups excluding carboxylic acids is 2. The molecular formula is C29H41N3O4S. The molecule has 37 heavy (non-hydrogen) atoms. The van der Waals surface area contributed by atoms with Crippen LogP contribution in [0.1, 0.15) is 78.4 Å². The summed E-state index contributed by atoms with van der Waals surface area (Å²) in [5, 5.41) is 15.1. The van der Waals surface area contributed by atoms with Gasteiger partial charge in [-0.2, -0.15) is 0 Å². The van der Waals surface area contributed by atoms with Gasteiger partial charge in [-0.05, 0) is 70.2 Å². The van der Waals surface area contributed by atoms with Gasteiger partial charge in [0.25, 0.3) is 0 Å². The van der Waals surface area contributed by atoms with Crippen molar-refractivity contribution in [2.24, 2.45) is 5.92 Å². The van der Waals surface area contributed by atoms with Crippen LogP contribution in [-0.2, 0) is 9.53 Å². The predicted octanol–water partition coefficient (Wildman–Crippen LogP) is 5.30. The van der Waals surface area contributed by atoms with E-state index in [4.69, 9.17) is 4.74 Å². The summed E-state index contributed by atoms with van der Waals surface area (Å²) in [4.78, 5) is 31.2. The number of nitrogens with one attached hydrogen (secondary N) is 1. The first kappa shape index (κ1) is 27.6. The molecule has 0 unspecified atom stereocenters. The van der Waals surface area contributed by atoms with Crippen molar-refractivity contribution in [1.82, 2.24) is 4.90 Å².